The highest BCUT2D eigenvalue weighted by Crippen LogP contribution is 2.22. The maximum atomic E-state index is 9.67. The van der Waals surface area contributed by atoms with Gasteiger partial charge in [0.1, 0.15) is 5.75 Å². The van der Waals surface area contributed by atoms with Crippen LogP contribution in [0.4, 0.5) is 13.2 Å². The summed E-state index contributed by atoms with van der Waals surface area (Å²) in [4.78, 5) is 14.2. The van der Waals surface area contributed by atoms with Gasteiger partial charge in [0.05, 0.1) is 7.11 Å². The molecule has 23 heavy (non-hydrogen) atoms. The van der Waals surface area contributed by atoms with Gasteiger partial charge in [0.25, 0.3) is 0 Å². The summed E-state index contributed by atoms with van der Waals surface area (Å²) in [6.07, 6.45) is 0. The molecule has 0 spiro atoms. The Morgan fingerprint density at radius 2 is 1.26 bits per heavy atom. The molecule has 0 fully saturated rings. The number of hydrogen-bond acceptors (Lipinski definition) is 2. The van der Waals surface area contributed by atoms with Crippen molar-refractivity contribution in [3.8, 4) is 16.9 Å². The lowest BCUT2D eigenvalue weighted by atomic mass is 10.1. The van der Waals surface area contributed by atoms with Crippen LogP contribution in [0.25, 0.3) is 11.1 Å². The molecule has 4 nitrogen and oxygen atoms in total. The Morgan fingerprint density at radius 1 is 0.957 bits per heavy atom. The number of halogens is 4. The molecule has 2 aromatic carbocycles. The van der Waals surface area contributed by atoms with Gasteiger partial charge in [-0.25, -0.2) is 0 Å². The summed E-state index contributed by atoms with van der Waals surface area (Å²) in [6, 6.07) is 16.6. The number of hydrogen-bond donors (Lipinski definition) is 2. The molecule has 0 saturated carbocycles. The quantitative estimate of drug-likeness (QED) is 0.500. The fraction of sp³-hybridized carbons (Fsp3) is 0.143. The van der Waals surface area contributed by atoms with E-state index in [2.05, 4.69) is 59.0 Å². The van der Waals surface area contributed by atoms with Crippen LogP contribution in [0.2, 0.25) is 0 Å². The molecule has 2 N–H and O–H groups in total. The summed E-state index contributed by atoms with van der Waals surface area (Å²) in [5.41, 5.74) is 2.45. The summed E-state index contributed by atoms with van der Waals surface area (Å²) in [5, 5.41) is 0. The average molecular weight is 461 g/mol. The van der Waals surface area contributed by atoms with Gasteiger partial charge in [-0.15, -0.1) is 9.79 Å². The minimum atomic E-state index is -3.67. The summed E-state index contributed by atoms with van der Waals surface area (Å²) < 4.78 is 44.1. The van der Waals surface area contributed by atoms with E-state index in [0.29, 0.717) is 0 Å². The molecule has 0 bridgehead atoms. The lowest BCUT2D eigenvalue weighted by Gasteiger charge is -2.03. The summed E-state index contributed by atoms with van der Waals surface area (Å²) in [7, 11) is -1.19. The Morgan fingerprint density at radius 3 is 1.57 bits per heavy atom. The van der Waals surface area contributed by atoms with E-state index < -0.39 is 14.9 Å². The van der Waals surface area contributed by atoms with Crippen molar-refractivity contribution in [1.82, 2.24) is 0 Å². The zero-order valence-corrected chi connectivity index (χ0v) is 14.9. The monoisotopic (exact) mass is 461 g/mol. The van der Waals surface area contributed by atoms with Crippen molar-refractivity contribution in [2.24, 2.45) is 0 Å². The SMILES string of the molecule is COc1ccc(-c2ccc(I)cc2)cc1.FC(F)F.O=[P+](O)O. The van der Waals surface area contributed by atoms with Crippen molar-refractivity contribution in [2.75, 3.05) is 7.11 Å². The largest absolute Gasteiger partial charge is 0.692 e. The van der Waals surface area contributed by atoms with Crippen LogP contribution in [0.15, 0.2) is 48.5 Å². The van der Waals surface area contributed by atoms with Crippen LogP contribution in [0, 0.1) is 3.57 Å². The summed E-state index contributed by atoms with van der Waals surface area (Å²) in [5.74, 6) is 0.893. The van der Waals surface area contributed by atoms with Crippen LogP contribution in [0.3, 0.4) is 0 Å². The molecule has 2 aromatic rings. The predicted molar refractivity (Wildman–Crippen MR) is 90.3 cm³/mol. The highest BCUT2D eigenvalue weighted by Gasteiger charge is 1.97. The van der Waals surface area contributed by atoms with E-state index in [1.807, 2.05) is 12.1 Å². The zero-order chi connectivity index (χ0) is 17.8. The van der Waals surface area contributed by atoms with E-state index in [1.54, 1.807) is 7.11 Å². The first-order chi connectivity index (χ1) is 10.8. The Bertz CT molecular complexity index is 573. The van der Waals surface area contributed by atoms with Crippen molar-refractivity contribution < 1.29 is 32.3 Å². The van der Waals surface area contributed by atoms with Crippen LogP contribution in [0.5, 0.6) is 5.75 Å². The third-order valence-corrected chi connectivity index (χ3v) is 2.99. The lowest BCUT2D eigenvalue weighted by Crippen LogP contribution is -1.82. The third kappa shape index (κ3) is 11.9. The number of alkyl halides is 3. The molecule has 0 heterocycles. The van der Waals surface area contributed by atoms with Crippen molar-refractivity contribution in [3.63, 3.8) is 0 Å². The van der Waals surface area contributed by atoms with E-state index in [4.69, 9.17) is 19.1 Å². The number of methoxy groups -OCH3 is 1. The smallest absolute Gasteiger partial charge is 0.497 e. The predicted octanol–water partition coefficient (Wildman–Crippen LogP) is 4.77. The molecule has 0 atom stereocenters. The Hall–Kier alpha value is -1.22. The molecule has 0 aliphatic carbocycles. The molecular weight excluding hydrogens is 447 g/mol. The lowest BCUT2D eigenvalue weighted by molar-refractivity contribution is 0.00819. The van der Waals surface area contributed by atoms with Gasteiger partial charge in [0.15, 0.2) is 0 Å². The van der Waals surface area contributed by atoms with Gasteiger partial charge < -0.3 is 4.74 Å². The first-order valence-electron chi connectivity index (χ1n) is 5.93. The zero-order valence-electron chi connectivity index (χ0n) is 11.9. The molecular formula is C14H14F3IO4P+. The average Bonchev–Trinajstić information content (AvgIpc) is 2.47. The third-order valence-electron chi connectivity index (χ3n) is 2.27. The van der Waals surface area contributed by atoms with Gasteiger partial charge in [-0.2, -0.15) is 13.2 Å². The standard InChI is InChI=1S/C13H11IO.CHF3.HO3P/c1-15-13-8-4-11(5-9-13)10-2-6-12(14)7-3-10;2-1(3)4;1-4(2)3/h2-9H,1H3;1H;(H-,1,2,3)/p+1. The summed E-state index contributed by atoms with van der Waals surface area (Å²) >= 11 is 2.31. The molecule has 126 valence electrons. The molecule has 9 heteroatoms. The van der Waals surface area contributed by atoms with Crippen LogP contribution in [0.1, 0.15) is 0 Å². The topological polar surface area (TPSA) is 66.8 Å². The van der Waals surface area contributed by atoms with E-state index in [0.717, 1.165) is 5.75 Å². The van der Waals surface area contributed by atoms with Gasteiger partial charge in [-0.05, 0) is 58.0 Å². The molecule has 0 radical (unpaired) electrons. The molecule has 0 amide bonds. The molecule has 0 aliphatic heterocycles. The van der Waals surface area contributed by atoms with Crippen molar-refractivity contribution in [3.05, 3.63) is 52.1 Å². The van der Waals surface area contributed by atoms with E-state index in [9.17, 15) is 13.2 Å². The van der Waals surface area contributed by atoms with Gasteiger partial charge in [-0.1, -0.05) is 24.3 Å². The number of ether oxygens (including phenoxy) is 1. The van der Waals surface area contributed by atoms with Crippen LogP contribution >= 0.6 is 30.8 Å². The minimum Gasteiger partial charge on any atom is -0.497 e. The van der Waals surface area contributed by atoms with E-state index in [1.165, 1.54) is 14.7 Å². The van der Waals surface area contributed by atoms with Gasteiger partial charge >= 0.3 is 14.9 Å². The first-order valence-corrected chi connectivity index (χ1v) is 8.18. The van der Waals surface area contributed by atoms with E-state index in [-0.39, 0.29) is 0 Å². The second-order valence-electron chi connectivity index (χ2n) is 3.74. The van der Waals surface area contributed by atoms with Gasteiger partial charge in [0.2, 0.25) is 0 Å². The maximum Gasteiger partial charge on any atom is 0.692 e. The normalized spacial score (nSPS) is 9.22. The Labute approximate surface area is 146 Å². The fourth-order valence-electron chi connectivity index (χ4n) is 1.43. The highest BCUT2D eigenvalue weighted by molar-refractivity contribution is 14.1. The molecule has 0 saturated heterocycles. The summed E-state index contributed by atoms with van der Waals surface area (Å²) in [6.45, 7) is -3.67. The highest BCUT2D eigenvalue weighted by atomic mass is 127. The fourth-order valence-corrected chi connectivity index (χ4v) is 1.79. The Kier molecular flexibility index (Phi) is 11.6. The number of rotatable bonds is 2. The molecule has 0 aliphatic rings. The second-order valence-corrected chi connectivity index (χ2v) is 5.49. The van der Waals surface area contributed by atoms with Crippen molar-refractivity contribution in [1.29, 1.82) is 0 Å². The van der Waals surface area contributed by atoms with Crippen molar-refractivity contribution in [2.45, 2.75) is 6.68 Å². The van der Waals surface area contributed by atoms with Gasteiger partial charge in [0, 0.05) is 8.14 Å². The van der Waals surface area contributed by atoms with Crippen LogP contribution in [-0.4, -0.2) is 23.6 Å². The second kappa shape index (κ2) is 12.2. The van der Waals surface area contributed by atoms with Gasteiger partial charge in [-0.3, -0.25) is 0 Å². The maximum absolute atomic E-state index is 9.67. The van der Waals surface area contributed by atoms with Crippen LogP contribution in [-0.2, 0) is 4.57 Å². The molecule has 0 unspecified atom stereocenters. The number of benzene rings is 2. The van der Waals surface area contributed by atoms with Crippen molar-refractivity contribution >= 4 is 30.8 Å². The first kappa shape index (κ1) is 21.8. The van der Waals surface area contributed by atoms with E-state index >= 15 is 0 Å². The van der Waals surface area contributed by atoms with Crippen LogP contribution < -0.4 is 4.74 Å². The molecule has 2 rings (SSSR count). The Balaban J connectivity index is 0.000000509. The minimum absolute atomic E-state index is 0.893. The molecule has 0 aromatic heterocycles.